The second kappa shape index (κ2) is 10.3. The van der Waals surface area contributed by atoms with Gasteiger partial charge in [-0.15, -0.1) is 12.4 Å². The fourth-order valence-corrected chi connectivity index (χ4v) is 3.47. The highest BCUT2D eigenvalue weighted by molar-refractivity contribution is 7.92. The number of sulfonamides is 1. The number of hydrogen-bond donors (Lipinski definition) is 3. The van der Waals surface area contributed by atoms with E-state index in [0.717, 1.165) is 17.7 Å². The summed E-state index contributed by atoms with van der Waals surface area (Å²) in [6.45, 7) is 7.66. The fraction of sp³-hybridized carbons (Fsp3) is 0.316. The van der Waals surface area contributed by atoms with E-state index >= 15 is 0 Å². The van der Waals surface area contributed by atoms with E-state index in [-0.39, 0.29) is 23.2 Å². The quantitative estimate of drug-likeness (QED) is 0.583. The largest absolute Gasteiger partial charge is 0.351 e. The molecular weight excluding hydrogens is 386 g/mol. The average Bonchev–Trinajstić information content (AvgIpc) is 2.60. The molecule has 8 heteroatoms. The summed E-state index contributed by atoms with van der Waals surface area (Å²) in [7, 11) is -3.77. The highest BCUT2D eigenvalue weighted by Gasteiger charge is 2.18. The van der Waals surface area contributed by atoms with E-state index < -0.39 is 10.0 Å². The molecule has 0 atom stereocenters. The topological polar surface area (TPSA) is 87.3 Å². The van der Waals surface area contributed by atoms with E-state index in [1.54, 1.807) is 25.1 Å². The number of halogens is 1. The van der Waals surface area contributed by atoms with Crippen molar-refractivity contribution in [2.45, 2.75) is 25.7 Å². The molecule has 0 unspecified atom stereocenters. The summed E-state index contributed by atoms with van der Waals surface area (Å²) in [5.74, 6) is -0.284. The first-order chi connectivity index (χ1) is 12.3. The molecule has 0 heterocycles. The van der Waals surface area contributed by atoms with Gasteiger partial charge in [0.25, 0.3) is 15.9 Å². The second-order valence-electron chi connectivity index (χ2n) is 6.06. The molecule has 148 valence electrons. The number of benzene rings is 2. The summed E-state index contributed by atoms with van der Waals surface area (Å²) < 4.78 is 27.8. The molecule has 0 aliphatic heterocycles. The molecule has 6 nitrogen and oxygen atoms in total. The molecule has 0 aliphatic carbocycles. The smallest absolute Gasteiger partial charge is 0.261 e. The van der Waals surface area contributed by atoms with Crippen molar-refractivity contribution >= 4 is 34.0 Å². The lowest BCUT2D eigenvalue weighted by Gasteiger charge is -2.12. The number of amides is 1. The lowest BCUT2D eigenvalue weighted by molar-refractivity contribution is 0.0953. The van der Waals surface area contributed by atoms with Crippen LogP contribution in [0.5, 0.6) is 0 Å². The SMILES string of the molecule is CCNCCNC(=O)c1cc(S(=O)(=O)Nc2ccc(C)cc2)ccc1C.Cl. The minimum atomic E-state index is -3.77. The van der Waals surface area contributed by atoms with Crippen LogP contribution in [0.25, 0.3) is 0 Å². The van der Waals surface area contributed by atoms with Gasteiger partial charge in [0.1, 0.15) is 0 Å². The molecule has 0 fully saturated rings. The van der Waals surface area contributed by atoms with Crippen LogP contribution in [0.15, 0.2) is 47.4 Å². The van der Waals surface area contributed by atoms with Crippen LogP contribution in [0.3, 0.4) is 0 Å². The number of likely N-dealkylation sites (N-methyl/N-ethyl adjacent to an activating group) is 1. The van der Waals surface area contributed by atoms with Gasteiger partial charge >= 0.3 is 0 Å². The highest BCUT2D eigenvalue weighted by atomic mass is 35.5. The first-order valence-corrected chi connectivity index (χ1v) is 10.0. The minimum Gasteiger partial charge on any atom is -0.351 e. The maximum Gasteiger partial charge on any atom is 0.261 e. The molecule has 0 radical (unpaired) electrons. The molecule has 27 heavy (non-hydrogen) atoms. The number of carbonyl (C=O) groups excluding carboxylic acids is 1. The standard InChI is InChI=1S/C19H25N3O3S.ClH/c1-4-20-11-12-21-19(23)18-13-17(10-7-15(18)3)26(24,25)22-16-8-5-14(2)6-9-16;/h5-10,13,20,22H,4,11-12H2,1-3H3,(H,21,23);1H. The third-order valence-corrected chi connectivity index (χ3v) is 5.28. The second-order valence-corrected chi connectivity index (χ2v) is 7.74. The van der Waals surface area contributed by atoms with Gasteiger partial charge in [-0.2, -0.15) is 0 Å². The molecule has 0 bridgehead atoms. The Labute approximate surface area is 167 Å². The number of rotatable bonds is 8. The van der Waals surface area contributed by atoms with Gasteiger partial charge in [-0.25, -0.2) is 8.42 Å². The van der Waals surface area contributed by atoms with Crippen LogP contribution in [-0.2, 0) is 10.0 Å². The molecule has 2 rings (SSSR count). The van der Waals surface area contributed by atoms with Crippen LogP contribution in [0.1, 0.15) is 28.4 Å². The van der Waals surface area contributed by atoms with Crippen molar-refractivity contribution in [2.75, 3.05) is 24.4 Å². The molecule has 0 aromatic heterocycles. The van der Waals surface area contributed by atoms with Gasteiger partial charge in [0, 0.05) is 24.3 Å². The van der Waals surface area contributed by atoms with Crippen molar-refractivity contribution in [1.82, 2.24) is 10.6 Å². The first kappa shape index (κ1) is 23.0. The van der Waals surface area contributed by atoms with Gasteiger partial charge in [-0.05, 0) is 50.2 Å². The number of carbonyl (C=O) groups is 1. The number of hydrogen-bond acceptors (Lipinski definition) is 4. The number of anilines is 1. The summed E-state index contributed by atoms with van der Waals surface area (Å²) in [5.41, 5.74) is 2.60. The molecule has 2 aromatic rings. The Morgan fingerprint density at radius 3 is 2.30 bits per heavy atom. The van der Waals surface area contributed by atoms with Crippen molar-refractivity contribution < 1.29 is 13.2 Å². The Balaban J connectivity index is 0.00000364. The summed E-state index contributed by atoms with van der Waals surface area (Å²) in [5, 5.41) is 5.91. The van der Waals surface area contributed by atoms with Crippen molar-refractivity contribution in [3.8, 4) is 0 Å². The highest BCUT2D eigenvalue weighted by Crippen LogP contribution is 2.19. The average molecular weight is 412 g/mol. The van der Waals surface area contributed by atoms with Gasteiger partial charge < -0.3 is 10.6 Å². The third-order valence-electron chi connectivity index (χ3n) is 3.91. The lowest BCUT2D eigenvalue weighted by atomic mass is 10.1. The summed E-state index contributed by atoms with van der Waals surface area (Å²) >= 11 is 0. The van der Waals surface area contributed by atoms with Gasteiger partial charge in [0.2, 0.25) is 0 Å². The van der Waals surface area contributed by atoms with E-state index in [1.807, 2.05) is 26.0 Å². The summed E-state index contributed by atoms with van der Waals surface area (Å²) in [4.78, 5) is 12.4. The van der Waals surface area contributed by atoms with Crippen molar-refractivity contribution in [2.24, 2.45) is 0 Å². The molecule has 1 amide bonds. The Bertz CT molecular complexity index is 868. The minimum absolute atomic E-state index is 0. The van der Waals surface area contributed by atoms with Crippen LogP contribution < -0.4 is 15.4 Å². The fourth-order valence-electron chi connectivity index (χ4n) is 2.38. The zero-order valence-corrected chi connectivity index (χ0v) is 17.3. The van der Waals surface area contributed by atoms with Gasteiger partial charge in [-0.3, -0.25) is 9.52 Å². The van der Waals surface area contributed by atoms with E-state index in [0.29, 0.717) is 24.3 Å². The molecule has 0 saturated heterocycles. The van der Waals surface area contributed by atoms with Gasteiger partial charge in [0.05, 0.1) is 4.90 Å². The van der Waals surface area contributed by atoms with E-state index in [4.69, 9.17) is 0 Å². The Morgan fingerprint density at radius 2 is 1.67 bits per heavy atom. The number of nitrogens with one attached hydrogen (secondary N) is 3. The zero-order valence-electron chi connectivity index (χ0n) is 15.7. The lowest BCUT2D eigenvalue weighted by Crippen LogP contribution is -2.32. The molecule has 0 aliphatic rings. The van der Waals surface area contributed by atoms with Crippen LogP contribution >= 0.6 is 12.4 Å². The van der Waals surface area contributed by atoms with Crippen LogP contribution in [0.4, 0.5) is 5.69 Å². The molecule has 3 N–H and O–H groups in total. The Hall–Kier alpha value is -2.09. The predicted octanol–water partition coefficient (Wildman–Crippen LogP) is 2.87. The van der Waals surface area contributed by atoms with E-state index in [1.165, 1.54) is 12.1 Å². The predicted molar refractivity (Wildman–Crippen MR) is 111 cm³/mol. The van der Waals surface area contributed by atoms with Crippen LogP contribution in [-0.4, -0.2) is 34.0 Å². The van der Waals surface area contributed by atoms with Crippen molar-refractivity contribution in [3.05, 3.63) is 59.2 Å². The zero-order chi connectivity index (χ0) is 19.2. The molecule has 0 spiro atoms. The van der Waals surface area contributed by atoms with E-state index in [2.05, 4.69) is 15.4 Å². The third kappa shape index (κ3) is 6.53. The van der Waals surface area contributed by atoms with Crippen LogP contribution in [0.2, 0.25) is 0 Å². The summed E-state index contributed by atoms with van der Waals surface area (Å²) in [6.07, 6.45) is 0. The maximum absolute atomic E-state index is 12.6. The molecular formula is C19H26ClN3O3S. The Morgan fingerprint density at radius 1 is 1.00 bits per heavy atom. The van der Waals surface area contributed by atoms with E-state index in [9.17, 15) is 13.2 Å². The van der Waals surface area contributed by atoms with Gasteiger partial charge in [0.15, 0.2) is 0 Å². The summed E-state index contributed by atoms with van der Waals surface area (Å²) in [6, 6.07) is 11.6. The molecule has 0 saturated carbocycles. The molecule has 2 aromatic carbocycles. The van der Waals surface area contributed by atoms with Crippen molar-refractivity contribution in [1.29, 1.82) is 0 Å². The van der Waals surface area contributed by atoms with Crippen molar-refractivity contribution in [3.63, 3.8) is 0 Å². The first-order valence-electron chi connectivity index (χ1n) is 8.52. The normalized spacial score (nSPS) is 10.8. The monoisotopic (exact) mass is 411 g/mol. The van der Waals surface area contributed by atoms with Gasteiger partial charge in [-0.1, -0.05) is 30.7 Å². The number of aryl methyl sites for hydroxylation is 2. The maximum atomic E-state index is 12.6. The Kier molecular flexibility index (Phi) is 8.75. The van der Waals surface area contributed by atoms with Crippen LogP contribution in [0, 0.1) is 13.8 Å².